The number of rotatable bonds is 0. The molecule has 0 radical (unpaired) electrons. The van der Waals surface area contributed by atoms with Gasteiger partial charge >= 0.3 is 0 Å². The van der Waals surface area contributed by atoms with Gasteiger partial charge in [0.15, 0.2) is 5.72 Å². The molecule has 0 spiro atoms. The van der Waals surface area contributed by atoms with Crippen LogP contribution in [-0.2, 0) is 0 Å². The molecule has 1 unspecified atom stereocenters. The van der Waals surface area contributed by atoms with Gasteiger partial charge in [-0.25, -0.2) is 0 Å². The maximum absolute atomic E-state index is 9.13. The highest BCUT2D eigenvalue weighted by molar-refractivity contribution is 5.13. The second-order valence-electron chi connectivity index (χ2n) is 2.01. The van der Waals surface area contributed by atoms with Crippen LogP contribution >= 0.6 is 0 Å². The zero-order valence-electron chi connectivity index (χ0n) is 4.76. The quantitative estimate of drug-likeness (QED) is 0.473. The molecule has 0 bridgehead atoms. The Morgan fingerprint density at radius 3 is 2.50 bits per heavy atom. The van der Waals surface area contributed by atoms with Crippen LogP contribution in [0.2, 0.25) is 0 Å². The van der Waals surface area contributed by atoms with Gasteiger partial charge in [-0.15, -0.1) is 0 Å². The van der Waals surface area contributed by atoms with E-state index in [1.807, 2.05) is 6.08 Å². The molecule has 44 valence electrons. The second kappa shape index (κ2) is 1.63. The van der Waals surface area contributed by atoms with E-state index in [-0.39, 0.29) is 0 Å². The van der Waals surface area contributed by atoms with E-state index in [0.717, 1.165) is 0 Å². The van der Waals surface area contributed by atoms with Gasteiger partial charge in [-0.05, 0) is 25.3 Å². The van der Waals surface area contributed by atoms with Crippen molar-refractivity contribution < 1.29 is 5.11 Å². The molecule has 1 aliphatic rings. The van der Waals surface area contributed by atoms with Crippen LogP contribution in [0.15, 0.2) is 24.4 Å². The van der Waals surface area contributed by atoms with Gasteiger partial charge < -0.3 is 10.4 Å². The first-order chi connectivity index (χ1) is 3.71. The van der Waals surface area contributed by atoms with Gasteiger partial charge in [0, 0.05) is 0 Å². The van der Waals surface area contributed by atoms with Gasteiger partial charge in [0.2, 0.25) is 0 Å². The topological polar surface area (TPSA) is 32.3 Å². The maximum Gasteiger partial charge on any atom is 0.151 e. The summed E-state index contributed by atoms with van der Waals surface area (Å²) in [5.41, 5.74) is -0.839. The van der Waals surface area contributed by atoms with Crippen LogP contribution in [0, 0.1) is 0 Å². The second-order valence-corrected chi connectivity index (χ2v) is 2.01. The summed E-state index contributed by atoms with van der Waals surface area (Å²) in [6.07, 6.45) is 7.03. The molecule has 2 heteroatoms. The van der Waals surface area contributed by atoms with Gasteiger partial charge in [-0.2, -0.15) is 0 Å². The minimum atomic E-state index is -0.839. The van der Waals surface area contributed by atoms with Crippen molar-refractivity contribution in [2.45, 2.75) is 12.6 Å². The Balaban J connectivity index is 2.65. The number of nitrogens with one attached hydrogen (secondary N) is 1. The molecule has 0 aliphatic carbocycles. The maximum atomic E-state index is 9.13. The molecule has 0 aromatic heterocycles. The Hall–Kier alpha value is -0.760. The lowest BCUT2D eigenvalue weighted by atomic mass is 10.2. The van der Waals surface area contributed by atoms with E-state index in [2.05, 4.69) is 5.32 Å². The van der Waals surface area contributed by atoms with Crippen molar-refractivity contribution in [3.05, 3.63) is 24.4 Å². The van der Waals surface area contributed by atoms with Crippen LogP contribution < -0.4 is 5.32 Å². The van der Waals surface area contributed by atoms with Crippen molar-refractivity contribution in [1.82, 2.24) is 5.32 Å². The Morgan fingerprint density at radius 2 is 2.25 bits per heavy atom. The zero-order valence-corrected chi connectivity index (χ0v) is 4.76. The molecular weight excluding hydrogens is 102 g/mol. The minimum Gasteiger partial charge on any atom is -0.368 e. The van der Waals surface area contributed by atoms with Crippen molar-refractivity contribution in [3.63, 3.8) is 0 Å². The Morgan fingerprint density at radius 1 is 1.50 bits per heavy atom. The first-order valence-electron chi connectivity index (χ1n) is 2.55. The van der Waals surface area contributed by atoms with E-state index in [1.54, 1.807) is 25.3 Å². The molecule has 0 amide bonds. The fraction of sp³-hybridized carbons (Fsp3) is 0.333. The molecule has 0 aromatic carbocycles. The van der Waals surface area contributed by atoms with Crippen LogP contribution in [0.4, 0.5) is 0 Å². The van der Waals surface area contributed by atoms with Crippen molar-refractivity contribution >= 4 is 0 Å². The molecule has 1 atom stereocenters. The summed E-state index contributed by atoms with van der Waals surface area (Å²) < 4.78 is 0. The van der Waals surface area contributed by atoms with E-state index in [1.165, 1.54) is 0 Å². The summed E-state index contributed by atoms with van der Waals surface area (Å²) in [7, 11) is 0. The molecule has 1 heterocycles. The largest absolute Gasteiger partial charge is 0.368 e. The number of allylic oxidation sites excluding steroid dienone is 2. The summed E-state index contributed by atoms with van der Waals surface area (Å²) in [5.74, 6) is 0. The van der Waals surface area contributed by atoms with Gasteiger partial charge in [-0.3, -0.25) is 0 Å². The molecule has 0 saturated heterocycles. The first kappa shape index (κ1) is 5.38. The summed E-state index contributed by atoms with van der Waals surface area (Å²) in [6, 6.07) is 0. The molecule has 0 aromatic rings. The van der Waals surface area contributed by atoms with E-state index in [9.17, 15) is 0 Å². The first-order valence-corrected chi connectivity index (χ1v) is 2.55. The Bertz CT molecular complexity index is 135. The van der Waals surface area contributed by atoms with Crippen LogP contribution in [0.1, 0.15) is 6.92 Å². The lowest BCUT2D eigenvalue weighted by molar-refractivity contribution is 0.0882. The summed E-state index contributed by atoms with van der Waals surface area (Å²) in [5, 5.41) is 11.9. The van der Waals surface area contributed by atoms with Crippen LogP contribution in [-0.4, -0.2) is 10.8 Å². The predicted molar refractivity (Wildman–Crippen MR) is 32.0 cm³/mol. The molecule has 2 N–H and O–H groups in total. The molecular formula is C6H9NO. The van der Waals surface area contributed by atoms with Gasteiger partial charge in [0.05, 0.1) is 0 Å². The fourth-order valence-corrected chi connectivity index (χ4v) is 0.563. The van der Waals surface area contributed by atoms with Crippen LogP contribution in [0.25, 0.3) is 0 Å². The van der Waals surface area contributed by atoms with Gasteiger partial charge in [0.1, 0.15) is 0 Å². The average molecular weight is 111 g/mol. The Labute approximate surface area is 48.5 Å². The molecule has 0 saturated carbocycles. The highest BCUT2D eigenvalue weighted by Crippen LogP contribution is 2.03. The van der Waals surface area contributed by atoms with E-state index >= 15 is 0 Å². The van der Waals surface area contributed by atoms with Crippen LogP contribution in [0.3, 0.4) is 0 Å². The lowest BCUT2D eigenvalue weighted by Crippen LogP contribution is -2.37. The molecule has 0 fully saturated rings. The third-order valence-electron chi connectivity index (χ3n) is 1.00. The van der Waals surface area contributed by atoms with Crippen molar-refractivity contribution in [3.8, 4) is 0 Å². The van der Waals surface area contributed by atoms with E-state index < -0.39 is 5.72 Å². The zero-order chi connectivity index (χ0) is 6.04. The van der Waals surface area contributed by atoms with E-state index in [4.69, 9.17) is 5.11 Å². The summed E-state index contributed by atoms with van der Waals surface area (Å²) in [6.45, 7) is 1.69. The van der Waals surface area contributed by atoms with E-state index in [0.29, 0.717) is 0 Å². The summed E-state index contributed by atoms with van der Waals surface area (Å²) >= 11 is 0. The monoisotopic (exact) mass is 111 g/mol. The molecule has 2 nitrogen and oxygen atoms in total. The number of aliphatic hydroxyl groups is 1. The van der Waals surface area contributed by atoms with Crippen molar-refractivity contribution in [2.75, 3.05) is 0 Å². The van der Waals surface area contributed by atoms with Crippen molar-refractivity contribution in [1.29, 1.82) is 0 Å². The molecule has 1 aliphatic heterocycles. The average Bonchev–Trinajstić information content (AvgIpc) is 1.65. The number of hydrogen-bond donors (Lipinski definition) is 2. The van der Waals surface area contributed by atoms with Gasteiger partial charge in [-0.1, -0.05) is 6.08 Å². The lowest BCUT2D eigenvalue weighted by Gasteiger charge is -2.20. The minimum absolute atomic E-state index is 0.839. The number of hydrogen-bond acceptors (Lipinski definition) is 2. The summed E-state index contributed by atoms with van der Waals surface area (Å²) in [4.78, 5) is 0. The fourth-order valence-electron chi connectivity index (χ4n) is 0.563. The molecule has 1 rings (SSSR count). The standard InChI is InChI=1S/C6H9NO/c1-6(8)4-2-3-5-7-6/h2-5,7-8H,1H3. The highest BCUT2D eigenvalue weighted by atomic mass is 16.3. The van der Waals surface area contributed by atoms with Crippen molar-refractivity contribution in [2.24, 2.45) is 0 Å². The predicted octanol–water partition coefficient (Wildman–Crippen LogP) is 0.368. The van der Waals surface area contributed by atoms with Gasteiger partial charge in [0.25, 0.3) is 0 Å². The molecule has 8 heavy (non-hydrogen) atoms. The van der Waals surface area contributed by atoms with Crippen LogP contribution in [0.5, 0.6) is 0 Å². The smallest absolute Gasteiger partial charge is 0.151 e. The third-order valence-corrected chi connectivity index (χ3v) is 1.00. The Kier molecular flexibility index (Phi) is 1.10. The SMILES string of the molecule is CC1(O)C=CC=CN1. The normalized spacial score (nSPS) is 34.8. The third kappa shape index (κ3) is 1.10. The number of dihydropyridines is 1. The highest BCUT2D eigenvalue weighted by Gasteiger charge is 2.12.